The molecule has 2 heterocycles. The van der Waals surface area contributed by atoms with E-state index in [0.717, 1.165) is 55.3 Å². The minimum absolute atomic E-state index is 0.0138. The third kappa shape index (κ3) is 3.45. The zero-order valence-electron chi connectivity index (χ0n) is 17.9. The molecule has 3 saturated carbocycles. The first-order valence-electron chi connectivity index (χ1n) is 11.5. The average molecular weight is 452 g/mol. The molecular weight excluding hydrogens is 426 g/mol. The molecule has 0 saturated heterocycles. The maximum Gasteiger partial charge on any atom is 0.414 e. The monoisotopic (exact) mass is 451 g/mol. The molecule has 6 nitrogen and oxygen atoms in total. The van der Waals surface area contributed by atoms with Crippen molar-refractivity contribution in [3.05, 3.63) is 52.8 Å². The Hall–Kier alpha value is -2.60. The Labute approximate surface area is 192 Å². The van der Waals surface area contributed by atoms with E-state index >= 15 is 0 Å². The van der Waals surface area contributed by atoms with E-state index in [9.17, 15) is 9.59 Å². The zero-order valence-corrected chi connectivity index (χ0v) is 18.7. The fraction of sp³-hybridized carbons (Fsp3) is 0.480. The van der Waals surface area contributed by atoms with E-state index in [4.69, 9.17) is 16.3 Å². The van der Waals surface area contributed by atoms with Crippen molar-refractivity contribution in [1.82, 2.24) is 4.98 Å². The molecule has 3 fully saturated rings. The molecule has 1 aliphatic heterocycles. The van der Waals surface area contributed by atoms with Crippen molar-refractivity contribution in [1.29, 1.82) is 0 Å². The number of hydrogen-bond donors (Lipinski definition) is 1. The molecule has 32 heavy (non-hydrogen) atoms. The standard InChI is InChI=1S/C25H26ClN3O3/c26-21-8-4-18(13-27-21)28-22(30)25(14-24(15-25)9-10-24)17-3-7-20-16(12-17)2-1-11-29(20)23(31)32-19-5-6-19/h3-4,7-8,12-13,19H,1-2,5-6,9-11,14-15H2,(H,28,30). The first kappa shape index (κ1) is 20.0. The molecule has 1 spiro atoms. The number of pyridine rings is 1. The van der Waals surface area contributed by atoms with E-state index in [1.54, 1.807) is 23.2 Å². The molecule has 7 heteroatoms. The predicted octanol–water partition coefficient (Wildman–Crippen LogP) is 5.24. The van der Waals surface area contributed by atoms with Gasteiger partial charge < -0.3 is 10.1 Å². The van der Waals surface area contributed by atoms with Gasteiger partial charge in [-0.05, 0) is 86.1 Å². The molecule has 0 radical (unpaired) electrons. The SMILES string of the molecule is O=C(OC1CC1)N1CCCc2cc(C3(C(=O)Nc4ccc(Cl)nc4)CC4(CC4)C3)ccc21. The number of rotatable bonds is 4. The average Bonchev–Trinajstić information content (AvgIpc) is 3.69. The molecule has 1 aromatic heterocycles. The van der Waals surface area contributed by atoms with E-state index in [-0.39, 0.29) is 18.1 Å². The Balaban J connectivity index is 1.29. The zero-order chi connectivity index (χ0) is 21.9. The molecule has 4 aliphatic rings. The second kappa shape index (κ2) is 7.20. The largest absolute Gasteiger partial charge is 0.446 e. The van der Waals surface area contributed by atoms with Crippen LogP contribution in [0.4, 0.5) is 16.2 Å². The molecular formula is C25H26ClN3O3. The maximum absolute atomic E-state index is 13.5. The summed E-state index contributed by atoms with van der Waals surface area (Å²) >= 11 is 5.89. The summed E-state index contributed by atoms with van der Waals surface area (Å²) in [6.45, 7) is 0.677. The Morgan fingerprint density at radius 2 is 1.97 bits per heavy atom. The molecule has 0 unspecified atom stereocenters. The number of amides is 2. The van der Waals surface area contributed by atoms with Crippen LogP contribution < -0.4 is 10.2 Å². The number of ether oxygens (including phenoxy) is 1. The number of fused-ring (bicyclic) bond motifs is 1. The highest BCUT2D eigenvalue weighted by Gasteiger charge is 2.64. The molecule has 1 N–H and O–H groups in total. The van der Waals surface area contributed by atoms with Crippen LogP contribution in [-0.4, -0.2) is 29.6 Å². The van der Waals surface area contributed by atoms with Gasteiger partial charge in [-0.15, -0.1) is 0 Å². The molecule has 3 aliphatic carbocycles. The van der Waals surface area contributed by atoms with Gasteiger partial charge in [-0.3, -0.25) is 9.69 Å². The molecule has 0 bridgehead atoms. The summed E-state index contributed by atoms with van der Waals surface area (Å²) in [7, 11) is 0. The summed E-state index contributed by atoms with van der Waals surface area (Å²) in [5, 5.41) is 3.47. The first-order chi connectivity index (χ1) is 15.5. The lowest BCUT2D eigenvalue weighted by Gasteiger charge is -2.48. The lowest BCUT2D eigenvalue weighted by molar-refractivity contribution is -0.127. The minimum atomic E-state index is -0.540. The number of carbonyl (C=O) groups is 2. The van der Waals surface area contributed by atoms with Crippen LogP contribution in [0.2, 0.25) is 5.15 Å². The number of aryl methyl sites for hydroxylation is 1. The van der Waals surface area contributed by atoms with Crippen molar-refractivity contribution in [2.45, 2.75) is 62.9 Å². The fourth-order valence-corrected chi connectivity index (χ4v) is 5.54. The first-order valence-corrected chi connectivity index (χ1v) is 11.9. The van der Waals surface area contributed by atoms with Crippen molar-refractivity contribution in [3.8, 4) is 0 Å². The van der Waals surface area contributed by atoms with Gasteiger partial charge in [0.1, 0.15) is 11.3 Å². The lowest BCUT2D eigenvalue weighted by atomic mass is 9.55. The van der Waals surface area contributed by atoms with Crippen molar-refractivity contribution in [2.75, 3.05) is 16.8 Å². The second-order valence-corrected chi connectivity index (χ2v) is 10.3. The van der Waals surface area contributed by atoms with Crippen LogP contribution in [0.1, 0.15) is 56.1 Å². The summed E-state index contributed by atoms with van der Waals surface area (Å²) in [4.78, 5) is 32.0. The van der Waals surface area contributed by atoms with Crippen molar-refractivity contribution in [3.63, 3.8) is 0 Å². The molecule has 166 valence electrons. The number of benzene rings is 1. The Kier molecular flexibility index (Phi) is 4.51. The Morgan fingerprint density at radius 3 is 2.66 bits per heavy atom. The Morgan fingerprint density at radius 1 is 1.16 bits per heavy atom. The maximum atomic E-state index is 13.5. The highest BCUT2D eigenvalue weighted by Crippen LogP contribution is 2.69. The normalized spacial score (nSPS) is 22.0. The molecule has 2 aromatic rings. The topological polar surface area (TPSA) is 71.5 Å². The third-order valence-electron chi connectivity index (χ3n) is 7.49. The molecule has 1 aromatic carbocycles. The van der Waals surface area contributed by atoms with E-state index in [0.29, 0.717) is 22.8 Å². The fourth-order valence-electron chi connectivity index (χ4n) is 5.43. The number of carbonyl (C=O) groups excluding carboxylic acids is 2. The molecule has 6 rings (SSSR count). The summed E-state index contributed by atoms with van der Waals surface area (Å²) in [6, 6.07) is 9.66. The van der Waals surface area contributed by atoms with Gasteiger partial charge in [0.2, 0.25) is 5.91 Å². The van der Waals surface area contributed by atoms with E-state index < -0.39 is 5.41 Å². The van der Waals surface area contributed by atoms with Crippen LogP contribution in [0, 0.1) is 5.41 Å². The van der Waals surface area contributed by atoms with Crippen LogP contribution in [0.25, 0.3) is 0 Å². The number of nitrogens with zero attached hydrogens (tertiary/aromatic N) is 2. The predicted molar refractivity (Wildman–Crippen MR) is 122 cm³/mol. The van der Waals surface area contributed by atoms with E-state index in [2.05, 4.69) is 16.4 Å². The van der Waals surface area contributed by atoms with Gasteiger partial charge >= 0.3 is 6.09 Å². The van der Waals surface area contributed by atoms with Gasteiger partial charge in [0.25, 0.3) is 0 Å². The van der Waals surface area contributed by atoms with Gasteiger partial charge in [-0.1, -0.05) is 23.7 Å². The second-order valence-electron chi connectivity index (χ2n) is 9.94. The molecule has 2 amide bonds. The highest BCUT2D eigenvalue weighted by atomic mass is 35.5. The lowest BCUT2D eigenvalue weighted by Crippen LogP contribution is -2.51. The summed E-state index contributed by atoms with van der Waals surface area (Å²) in [5.74, 6) is 0.0138. The minimum Gasteiger partial charge on any atom is -0.446 e. The van der Waals surface area contributed by atoms with Gasteiger partial charge in [-0.2, -0.15) is 0 Å². The van der Waals surface area contributed by atoms with Crippen molar-refractivity contribution < 1.29 is 14.3 Å². The third-order valence-corrected chi connectivity index (χ3v) is 7.72. The van der Waals surface area contributed by atoms with Crippen LogP contribution in [0.5, 0.6) is 0 Å². The number of halogens is 1. The van der Waals surface area contributed by atoms with E-state index in [1.807, 2.05) is 12.1 Å². The van der Waals surface area contributed by atoms with Gasteiger partial charge in [0.15, 0.2) is 0 Å². The van der Waals surface area contributed by atoms with Crippen LogP contribution >= 0.6 is 11.6 Å². The number of aromatic nitrogens is 1. The van der Waals surface area contributed by atoms with Crippen LogP contribution in [-0.2, 0) is 21.4 Å². The quantitative estimate of drug-likeness (QED) is 0.645. The smallest absolute Gasteiger partial charge is 0.414 e. The number of hydrogen-bond acceptors (Lipinski definition) is 4. The summed E-state index contributed by atoms with van der Waals surface area (Å²) in [5.41, 5.74) is 3.54. The van der Waals surface area contributed by atoms with Crippen LogP contribution in [0.3, 0.4) is 0 Å². The van der Waals surface area contributed by atoms with E-state index in [1.165, 1.54) is 12.8 Å². The van der Waals surface area contributed by atoms with Crippen LogP contribution in [0.15, 0.2) is 36.5 Å². The molecule has 0 atom stereocenters. The van der Waals surface area contributed by atoms with Gasteiger partial charge in [0, 0.05) is 6.54 Å². The number of nitrogens with one attached hydrogen (secondary N) is 1. The van der Waals surface area contributed by atoms with Crippen molar-refractivity contribution in [2.24, 2.45) is 5.41 Å². The van der Waals surface area contributed by atoms with Gasteiger partial charge in [-0.25, -0.2) is 9.78 Å². The highest BCUT2D eigenvalue weighted by molar-refractivity contribution is 6.29. The Bertz CT molecular complexity index is 1080. The van der Waals surface area contributed by atoms with Crippen molar-refractivity contribution >= 4 is 35.0 Å². The summed E-state index contributed by atoms with van der Waals surface area (Å²) in [6.07, 6.45) is 9.33. The number of anilines is 2. The van der Waals surface area contributed by atoms with Gasteiger partial charge in [0.05, 0.1) is 23.0 Å². The summed E-state index contributed by atoms with van der Waals surface area (Å²) < 4.78 is 5.54.